The summed E-state index contributed by atoms with van der Waals surface area (Å²) in [6, 6.07) is 11.2. The molecule has 22 heavy (non-hydrogen) atoms. The van der Waals surface area contributed by atoms with Crippen LogP contribution in [0.25, 0.3) is 0 Å². The molecule has 2 rings (SSSR count). The van der Waals surface area contributed by atoms with Gasteiger partial charge in [-0.2, -0.15) is 5.10 Å². The maximum absolute atomic E-state index is 11.9. The number of pyridine rings is 1. The summed E-state index contributed by atoms with van der Waals surface area (Å²) in [6.45, 7) is -0.398. The quantitative estimate of drug-likeness (QED) is 0.598. The molecule has 2 aromatic rings. The lowest BCUT2D eigenvalue weighted by molar-refractivity contribution is -0.119. The Kier molecular flexibility index (Phi) is 5.34. The second-order valence-corrected chi connectivity index (χ2v) is 5.98. The molecule has 1 heterocycles. The molecule has 1 amide bonds. The van der Waals surface area contributed by atoms with Crippen LogP contribution in [0.3, 0.4) is 0 Å². The van der Waals surface area contributed by atoms with E-state index in [-0.39, 0.29) is 4.90 Å². The van der Waals surface area contributed by atoms with Gasteiger partial charge < -0.3 is 0 Å². The molecular weight excluding hydrogens is 304 g/mol. The zero-order valence-electron chi connectivity index (χ0n) is 11.5. The molecule has 114 valence electrons. The smallest absolute Gasteiger partial charge is 0.255 e. The van der Waals surface area contributed by atoms with E-state index in [1.807, 2.05) is 0 Å². The third-order valence-electron chi connectivity index (χ3n) is 2.59. The van der Waals surface area contributed by atoms with Gasteiger partial charge in [-0.25, -0.2) is 18.6 Å². The van der Waals surface area contributed by atoms with Crippen LogP contribution in [0, 0.1) is 0 Å². The van der Waals surface area contributed by atoms with Crippen LogP contribution < -0.4 is 10.1 Å². The molecule has 0 radical (unpaired) electrons. The van der Waals surface area contributed by atoms with Crippen LogP contribution in [0.5, 0.6) is 0 Å². The zero-order chi connectivity index (χ0) is 15.8. The monoisotopic (exact) mass is 318 g/mol. The van der Waals surface area contributed by atoms with Crippen LogP contribution in [0.15, 0.2) is 64.9 Å². The van der Waals surface area contributed by atoms with E-state index in [0.29, 0.717) is 0 Å². The molecular formula is C14H14N4O3S. The summed E-state index contributed by atoms with van der Waals surface area (Å²) in [6.07, 6.45) is 4.62. The van der Waals surface area contributed by atoms with Crippen molar-refractivity contribution in [2.75, 3.05) is 6.54 Å². The molecule has 0 spiro atoms. The number of carbonyl (C=O) groups is 1. The number of aromatic nitrogens is 1. The van der Waals surface area contributed by atoms with Gasteiger partial charge in [0, 0.05) is 12.4 Å². The van der Waals surface area contributed by atoms with Gasteiger partial charge >= 0.3 is 0 Å². The summed E-state index contributed by atoms with van der Waals surface area (Å²) in [5.41, 5.74) is 3.00. The standard InChI is InChI=1S/C14H14N4O3S/c19-14(18-16-10-12-6-8-15-9-7-12)11-17-22(20,21)13-4-2-1-3-5-13/h1-10,17H,11H2,(H,18,19)/b16-10-. The minimum absolute atomic E-state index is 0.100. The number of amides is 1. The molecule has 0 aliphatic carbocycles. The summed E-state index contributed by atoms with van der Waals surface area (Å²) >= 11 is 0. The highest BCUT2D eigenvalue weighted by Crippen LogP contribution is 2.06. The van der Waals surface area contributed by atoms with Crippen LogP contribution in [0.2, 0.25) is 0 Å². The molecule has 2 N–H and O–H groups in total. The van der Waals surface area contributed by atoms with Crippen LogP contribution >= 0.6 is 0 Å². The summed E-state index contributed by atoms with van der Waals surface area (Å²) in [5.74, 6) is -0.565. The van der Waals surface area contributed by atoms with E-state index in [1.165, 1.54) is 18.3 Å². The Morgan fingerprint density at radius 3 is 2.50 bits per heavy atom. The average Bonchev–Trinajstić information content (AvgIpc) is 2.55. The maximum Gasteiger partial charge on any atom is 0.255 e. The molecule has 7 nitrogen and oxygen atoms in total. The number of hydrogen-bond acceptors (Lipinski definition) is 5. The van der Waals surface area contributed by atoms with Gasteiger partial charge in [0.2, 0.25) is 10.0 Å². The third kappa shape index (κ3) is 4.76. The van der Waals surface area contributed by atoms with Gasteiger partial charge in [-0.05, 0) is 29.8 Å². The van der Waals surface area contributed by atoms with Crippen molar-refractivity contribution < 1.29 is 13.2 Å². The number of benzene rings is 1. The normalized spacial score (nSPS) is 11.5. The highest BCUT2D eigenvalue weighted by atomic mass is 32.2. The van der Waals surface area contributed by atoms with E-state index in [9.17, 15) is 13.2 Å². The Bertz CT molecular complexity index is 746. The second-order valence-electron chi connectivity index (χ2n) is 4.21. The molecule has 0 atom stereocenters. The fourth-order valence-corrected chi connectivity index (χ4v) is 2.51. The first kappa shape index (κ1) is 15.8. The van der Waals surface area contributed by atoms with Crippen molar-refractivity contribution in [3.05, 3.63) is 60.4 Å². The Labute approximate surface area is 128 Å². The van der Waals surface area contributed by atoms with E-state index in [4.69, 9.17) is 0 Å². The van der Waals surface area contributed by atoms with Gasteiger partial charge in [0.05, 0.1) is 17.7 Å². The van der Waals surface area contributed by atoms with Crippen molar-refractivity contribution in [2.24, 2.45) is 5.10 Å². The van der Waals surface area contributed by atoms with Gasteiger partial charge in [-0.15, -0.1) is 0 Å². The van der Waals surface area contributed by atoms with E-state index in [0.717, 1.165) is 5.56 Å². The first-order valence-electron chi connectivity index (χ1n) is 6.34. The minimum Gasteiger partial charge on any atom is -0.272 e. The Balaban J connectivity index is 1.84. The highest BCUT2D eigenvalue weighted by molar-refractivity contribution is 7.89. The fraction of sp³-hybridized carbons (Fsp3) is 0.0714. The summed E-state index contributed by atoms with van der Waals surface area (Å²) in [5, 5.41) is 3.73. The van der Waals surface area contributed by atoms with Gasteiger partial charge in [0.25, 0.3) is 5.91 Å². The predicted octanol–water partition coefficient (Wildman–Crippen LogP) is 0.510. The molecule has 0 bridgehead atoms. The lowest BCUT2D eigenvalue weighted by Crippen LogP contribution is -2.34. The van der Waals surface area contributed by atoms with Gasteiger partial charge in [-0.1, -0.05) is 18.2 Å². The number of rotatable bonds is 6. The number of hydrogen-bond donors (Lipinski definition) is 2. The van der Waals surface area contributed by atoms with Crippen molar-refractivity contribution in [3.8, 4) is 0 Å². The molecule has 0 aliphatic heterocycles. The maximum atomic E-state index is 11.9. The molecule has 0 saturated heterocycles. The Morgan fingerprint density at radius 2 is 1.82 bits per heavy atom. The van der Waals surface area contributed by atoms with Crippen molar-refractivity contribution in [1.29, 1.82) is 0 Å². The minimum atomic E-state index is -3.70. The molecule has 0 fully saturated rings. The fourth-order valence-electron chi connectivity index (χ4n) is 1.51. The van der Waals surface area contributed by atoms with Crippen molar-refractivity contribution in [2.45, 2.75) is 4.90 Å². The average molecular weight is 318 g/mol. The molecule has 8 heteroatoms. The van der Waals surface area contributed by atoms with Crippen molar-refractivity contribution >= 4 is 22.1 Å². The van der Waals surface area contributed by atoms with Gasteiger partial charge in [0.1, 0.15) is 0 Å². The van der Waals surface area contributed by atoms with E-state index in [2.05, 4.69) is 20.2 Å². The predicted molar refractivity (Wildman–Crippen MR) is 81.6 cm³/mol. The summed E-state index contributed by atoms with van der Waals surface area (Å²) in [7, 11) is -3.70. The number of sulfonamides is 1. The van der Waals surface area contributed by atoms with Crippen molar-refractivity contribution in [1.82, 2.24) is 15.1 Å². The van der Waals surface area contributed by atoms with Crippen LogP contribution in [0.1, 0.15) is 5.56 Å². The topological polar surface area (TPSA) is 101 Å². The molecule has 0 aliphatic rings. The first-order chi connectivity index (χ1) is 10.6. The van der Waals surface area contributed by atoms with E-state index < -0.39 is 22.5 Å². The summed E-state index contributed by atoms with van der Waals surface area (Å²) < 4.78 is 26.0. The molecule has 0 saturated carbocycles. The third-order valence-corrected chi connectivity index (χ3v) is 4.00. The largest absolute Gasteiger partial charge is 0.272 e. The zero-order valence-corrected chi connectivity index (χ0v) is 12.3. The number of hydrazone groups is 1. The highest BCUT2D eigenvalue weighted by Gasteiger charge is 2.14. The first-order valence-corrected chi connectivity index (χ1v) is 7.83. The lowest BCUT2D eigenvalue weighted by atomic mass is 10.3. The Morgan fingerprint density at radius 1 is 1.14 bits per heavy atom. The van der Waals surface area contributed by atoms with Crippen LogP contribution in [-0.4, -0.2) is 32.1 Å². The van der Waals surface area contributed by atoms with E-state index in [1.54, 1.807) is 42.7 Å². The molecule has 1 aromatic heterocycles. The number of nitrogens with one attached hydrogen (secondary N) is 2. The number of carbonyl (C=O) groups excluding carboxylic acids is 1. The molecule has 0 unspecified atom stereocenters. The Hall–Kier alpha value is -2.58. The number of nitrogens with zero attached hydrogens (tertiary/aromatic N) is 2. The van der Waals surface area contributed by atoms with Crippen LogP contribution in [0.4, 0.5) is 0 Å². The van der Waals surface area contributed by atoms with Crippen molar-refractivity contribution in [3.63, 3.8) is 0 Å². The van der Waals surface area contributed by atoms with Gasteiger partial charge in [-0.3, -0.25) is 9.78 Å². The van der Waals surface area contributed by atoms with Gasteiger partial charge in [0.15, 0.2) is 0 Å². The lowest BCUT2D eigenvalue weighted by Gasteiger charge is -2.05. The SMILES string of the molecule is O=C(CNS(=O)(=O)c1ccccc1)N/N=C\c1ccncc1. The molecule has 1 aromatic carbocycles. The van der Waals surface area contributed by atoms with E-state index >= 15 is 0 Å². The van der Waals surface area contributed by atoms with Crippen LogP contribution in [-0.2, 0) is 14.8 Å². The summed E-state index contributed by atoms with van der Waals surface area (Å²) in [4.78, 5) is 15.5. The second kappa shape index (κ2) is 7.43.